The summed E-state index contributed by atoms with van der Waals surface area (Å²) in [5.41, 5.74) is 2.23. The number of aromatic nitrogens is 1. The van der Waals surface area contributed by atoms with Gasteiger partial charge in [0.15, 0.2) is 11.5 Å². The molecule has 6 heteroatoms. The molecule has 2 rings (SSSR count). The minimum absolute atomic E-state index is 0.150. The molecular formula is C16H16Cl2N2O2. The Morgan fingerprint density at radius 1 is 1.50 bits per heavy atom. The van der Waals surface area contributed by atoms with Crippen LogP contribution in [0, 0.1) is 0 Å². The van der Waals surface area contributed by atoms with Gasteiger partial charge in [-0.1, -0.05) is 42.4 Å². The van der Waals surface area contributed by atoms with Gasteiger partial charge >= 0.3 is 0 Å². The molecule has 2 aromatic rings. The Morgan fingerprint density at radius 2 is 2.23 bits per heavy atom. The molecule has 0 saturated carbocycles. The average Bonchev–Trinajstić information content (AvgIpc) is 2.86. The second-order valence-corrected chi connectivity index (χ2v) is 5.67. The number of carbonyl (C=O) groups excluding carboxylic acids is 1. The second-order valence-electron chi connectivity index (χ2n) is 4.89. The van der Waals surface area contributed by atoms with Crippen LogP contribution < -0.4 is 5.32 Å². The van der Waals surface area contributed by atoms with Crippen LogP contribution in [0.1, 0.15) is 24.8 Å². The van der Waals surface area contributed by atoms with Crippen LogP contribution in [0.2, 0.25) is 10.0 Å². The van der Waals surface area contributed by atoms with Gasteiger partial charge in [0.25, 0.3) is 0 Å². The number of aryl methyl sites for hydroxylation is 1. The molecule has 0 saturated heterocycles. The lowest BCUT2D eigenvalue weighted by Crippen LogP contribution is -2.24. The van der Waals surface area contributed by atoms with Crippen LogP contribution in [0.4, 0.5) is 0 Å². The Morgan fingerprint density at radius 3 is 2.86 bits per heavy atom. The van der Waals surface area contributed by atoms with Gasteiger partial charge in [-0.25, -0.2) is 4.98 Å². The fourth-order valence-electron chi connectivity index (χ4n) is 1.94. The zero-order valence-corrected chi connectivity index (χ0v) is 13.7. The van der Waals surface area contributed by atoms with Crippen molar-refractivity contribution >= 4 is 46.3 Å². The Labute approximate surface area is 138 Å². The van der Waals surface area contributed by atoms with Gasteiger partial charge in [-0.2, -0.15) is 0 Å². The highest BCUT2D eigenvalue weighted by molar-refractivity contribution is 6.40. The summed E-state index contributed by atoms with van der Waals surface area (Å²) in [5, 5.41) is 3.65. The van der Waals surface area contributed by atoms with Gasteiger partial charge in [0, 0.05) is 24.1 Å². The summed E-state index contributed by atoms with van der Waals surface area (Å²) < 4.78 is 5.67. The van der Waals surface area contributed by atoms with Crippen LogP contribution in [0.25, 0.3) is 17.2 Å². The Hall–Kier alpha value is -1.78. The maximum absolute atomic E-state index is 11.4. The first-order valence-corrected chi connectivity index (χ1v) is 7.53. The number of nitrogens with zero attached hydrogens (tertiary/aromatic N) is 1. The van der Waals surface area contributed by atoms with E-state index >= 15 is 0 Å². The third-order valence-electron chi connectivity index (χ3n) is 3.10. The molecule has 0 aliphatic carbocycles. The summed E-state index contributed by atoms with van der Waals surface area (Å²) in [5.74, 6) is 0.404. The minimum atomic E-state index is -0.150. The molecule has 1 heterocycles. The number of carbonyl (C=O) groups is 1. The summed E-state index contributed by atoms with van der Waals surface area (Å²) in [4.78, 5) is 15.7. The maximum Gasteiger partial charge on any atom is 0.246 e. The first-order chi connectivity index (χ1) is 10.4. The standard InChI is InChI=1S/C16H16Cl2N2O2/c1-4-10-11(17)8-12-15(14(10)18)22-13(20-12)6-5-7-19-16(21)9(2)3/h4,8H,1-2,5-7H2,3H3,(H,19,21). The van der Waals surface area contributed by atoms with Crippen molar-refractivity contribution in [2.24, 2.45) is 0 Å². The quantitative estimate of drug-likeness (QED) is 0.627. The molecule has 0 fully saturated rings. The van der Waals surface area contributed by atoms with Gasteiger partial charge in [0.2, 0.25) is 5.91 Å². The van der Waals surface area contributed by atoms with Gasteiger partial charge < -0.3 is 9.73 Å². The highest BCUT2D eigenvalue weighted by Crippen LogP contribution is 2.34. The highest BCUT2D eigenvalue weighted by atomic mass is 35.5. The average molecular weight is 339 g/mol. The van der Waals surface area contributed by atoms with Crippen molar-refractivity contribution in [2.75, 3.05) is 6.54 Å². The monoisotopic (exact) mass is 338 g/mol. The number of nitrogens with one attached hydrogen (secondary N) is 1. The number of amides is 1. The molecule has 1 N–H and O–H groups in total. The van der Waals surface area contributed by atoms with Crippen molar-refractivity contribution in [1.82, 2.24) is 10.3 Å². The zero-order valence-electron chi connectivity index (χ0n) is 12.2. The first kappa shape index (κ1) is 16.6. The van der Waals surface area contributed by atoms with E-state index in [9.17, 15) is 4.79 Å². The van der Waals surface area contributed by atoms with Crippen molar-refractivity contribution in [3.8, 4) is 0 Å². The molecule has 0 bridgehead atoms. The van der Waals surface area contributed by atoms with Gasteiger partial charge in [-0.05, 0) is 19.4 Å². The Balaban J connectivity index is 2.07. The molecule has 4 nitrogen and oxygen atoms in total. The van der Waals surface area contributed by atoms with Crippen molar-refractivity contribution in [2.45, 2.75) is 19.8 Å². The molecule has 0 spiro atoms. The van der Waals surface area contributed by atoms with Gasteiger partial charge in [-0.15, -0.1) is 0 Å². The van der Waals surface area contributed by atoms with E-state index in [1.165, 1.54) is 0 Å². The van der Waals surface area contributed by atoms with Crippen LogP contribution in [-0.4, -0.2) is 17.4 Å². The lowest BCUT2D eigenvalue weighted by molar-refractivity contribution is -0.117. The van der Waals surface area contributed by atoms with Crippen LogP contribution in [0.15, 0.2) is 29.2 Å². The number of hydrogen-bond acceptors (Lipinski definition) is 3. The van der Waals surface area contributed by atoms with E-state index in [2.05, 4.69) is 23.5 Å². The van der Waals surface area contributed by atoms with Crippen molar-refractivity contribution in [1.29, 1.82) is 0 Å². The van der Waals surface area contributed by atoms with E-state index in [0.717, 1.165) is 0 Å². The molecule has 0 unspecified atom stereocenters. The third kappa shape index (κ3) is 3.51. The predicted molar refractivity (Wildman–Crippen MR) is 90.3 cm³/mol. The maximum atomic E-state index is 11.4. The lowest BCUT2D eigenvalue weighted by atomic mass is 10.2. The third-order valence-corrected chi connectivity index (χ3v) is 3.79. The smallest absolute Gasteiger partial charge is 0.246 e. The number of benzene rings is 1. The summed E-state index contributed by atoms with van der Waals surface area (Å²) >= 11 is 12.4. The van der Waals surface area contributed by atoms with E-state index in [1.54, 1.807) is 19.1 Å². The molecule has 1 aromatic heterocycles. The molecule has 0 radical (unpaired) electrons. The van der Waals surface area contributed by atoms with Gasteiger partial charge in [0.05, 0.1) is 10.0 Å². The molecule has 116 valence electrons. The van der Waals surface area contributed by atoms with Crippen LogP contribution in [0.5, 0.6) is 0 Å². The first-order valence-electron chi connectivity index (χ1n) is 6.77. The highest BCUT2D eigenvalue weighted by Gasteiger charge is 2.14. The van der Waals surface area contributed by atoms with Gasteiger partial charge in [0.1, 0.15) is 5.52 Å². The molecule has 0 aliphatic heterocycles. The fraction of sp³-hybridized carbons (Fsp3) is 0.250. The number of halogens is 2. The second kappa shape index (κ2) is 6.99. The van der Waals surface area contributed by atoms with Gasteiger partial charge in [-0.3, -0.25) is 4.79 Å². The Bertz CT molecular complexity index is 750. The van der Waals surface area contributed by atoms with Crippen molar-refractivity contribution < 1.29 is 9.21 Å². The number of rotatable bonds is 6. The van der Waals surface area contributed by atoms with Crippen LogP contribution in [0.3, 0.4) is 0 Å². The largest absolute Gasteiger partial charge is 0.439 e. The van der Waals surface area contributed by atoms with Crippen LogP contribution >= 0.6 is 23.2 Å². The normalized spacial score (nSPS) is 10.7. The molecular weight excluding hydrogens is 323 g/mol. The van der Waals surface area contributed by atoms with E-state index in [0.29, 0.717) is 57.6 Å². The molecule has 1 aromatic carbocycles. The molecule has 1 amide bonds. The zero-order chi connectivity index (χ0) is 16.3. The van der Waals surface area contributed by atoms with Crippen molar-refractivity contribution in [3.05, 3.63) is 46.3 Å². The SMILES string of the molecule is C=Cc1c(Cl)cc2nc(CCCNC(=O)C(=C)C)oc2c1Cl. The summed E-state index contributed by atoms with van der Waals surface area (Å²) in [6.07, 6.45) is 2.87. The van der Waals surface area contributed by atoms with Crippen molar-refractivity contribution in [3.63, 3.8) is 0 Å². The fourth-order valence-corrected chi connectivity index (χ4v) is 2.58. The topological polar surface area (TPSA) is 55.1 Å². The number of oxazole rings is 1. The lowest BCUT2D eigenvalue weighted by Gasteiger charge is -2.02. The molecule has 22 heavy (non-hydrogen) atoms. The van der Waals surface area contributed by atoms with E-state index < -0.39 is 0 Å². The Kier molecular flexibility index (Phi) is 5.27. The van der Waals surface area contributed by atoms with Crippen LogP contribution in [-0.2, 0) is 11.2 Å². The molecule has 0 atom stereocenters. The van der Waals surface area contributed by atoms with E-state index in [1.807, 2.05) is 0 Å². The number of fused-ring (bicyclic) bond motifs is 1. The predicted octanol–water partition coefficient (Wildman–Crippen LogP) is 4.40. The molecule has 0 aliphatic rings. The number of hydrogen-bond donors (Lipinski definition) is 1. The van der Waals surface area contributed by atoms with E-state index in [-0.39, 0.29) is 5.91 Å². The summed E-state index contributed by atoms with van der Waals surface area (Å²) in [7, 11) is 0. The minimum Gasteiger partial charge on any atom is -0.439 e. The summed E-state index contributed by atoms with van der Waals surface area (Å²) in [6, 6.07) is 1.70. The van der Waals surface area contributed by atoms with E-state index in [4.69, 9.17) is 27.6 Å². The summed E-state index contributed by atoms with van der Waals surface area (Å²) in [6.45, 7) is 9.45.